The number of nitrogens with one attached hydrogen (secondary N) is 2. The standard InChI is InChI=1S/C9H17N3/c1-8-3-2-4-9(7-8)11-5-6-12-10/h2,4,7-8,11-12H,3,5-6,10H2,1H3. The molecule has 0 aromatic heterocycles. The van der Waals surface area contributed by atoms with Gasteiger partial charge in [0, 0.05) is 18.8 Å². The highest BCUT2D eigenvalue weighted by molar-refractivity contribution is 5.21. The van der Waals surface area contributed by atoms with E-state index in [0.717, 1.165) is 19.5 Å². The van der Waals surface area contributed by atoms with E-state index in [0.29, 0.717) is 5.92 Å². The van der Waals surface area contributed by atoms with Crippen LogP contribution in [0.5, 0.6) is 0 Å². The Bertz CT molecular complexity index is 184. The number of rotatable bonds is 4. The summed E-state index contributed by atoms with van der Waals surface area (Å²) in [6.45, 7) is 3.88. The Morgan fingerprint density at radius 3 is 3.08 bits per heavy atom. The highest BCUT2D eigenvalue weighted by atomic mass is 15.2. The Kier molecular flexibility index (Phi) is 3.84. The molecule has 12 heavy (non-hydrogen) atoms. The second-order valence-corrected chi connectivity index (χ2v) is 3.12. The third-order valence-electron chi connectivity index (χ3n) is 1.87. The second kappa shape index (κ2) is 4.95. The molecule has 0 aliphatic heterocycles. The van der Waals surface area contributed by atoms with Crippen molar-refractivity contribution in [3.8, 4) is 0 Å². The van der Waals surface area contributed by atoms with Gasteiger partial charge >= 0.3 is 0 Å². The smallest absolute Gasteiger partial charge is 0.0299 e. The molecule has 0 aromatic carbocycles. The molecule has 68 valence electrons. The average Bonchev–Trinajstić information content (AvgIpc) is 2.05. The van der Waals surface area contributed by atoms with Crippen molar-refractivity contribution >= 4 is 0 Å². The third-order valence-corrected chi connectivity index (χ3v) is 1.87. The van der Waals surface area contributed by atoms with Crippen molar-refractivity contribution < 1.29 is 0 Å². The largest absolute Gasteiger partial charge is 0.384 e. The number of hydrazine groups is 1. The first kappa shape index (κ1) is 9.29. The number of hydrogen-bond donors (Lipinski definition) is 3. The summed E-state index contributed by atoms with van der Waals surface area (Å²) in [5, 5.41) is 3.28. The molecule has 3 nitrogen and oxygen atoms in total. The minimum atomic E-state index is 0.656. The minimum Gasteiger partial charge on any atom is -0.384 e. The molecular formula is C9H17N3. The SMILES string of the molecule is CC1C=C(NCCNN)C=CC1. The molecule has 3 heteroatoms. The molecule has 1 rings (SSSR count). The molecule has 0 radical (unpaired) electrons. The van der Waals surface area contributed by atoms with Crippen molar-refractivity contribution in [2.45, 2.75) is 13.3 Å². The van der Waals surface area contributed by atoms with E-state index in [1.807, 2.05) is 0 Å². The van der Waals surface area contributed by atoms with E-state index in [4.69, 9.17) is 5.84 Å². The molecule has 0 fully saturated rings. The van der Waals surface area contributed by atoms with Gasteiger partial charge in [0.1, 0.15) is 0 Å². The Morgan fingerprint density at radius 2 is 2.42 bits per heavy atom. The van der Waals surface area contributed by atoms with Crippen LogP contribution in [0.1, 0.15) is 13.3 Å². The Hall–Kier alpha value is -0.800. The molecule has 1 atom stereocenters. The van der Waals surface area contributed by atoms with Crippen LogP contribution >= 0.6 is 0 Å². The van der Waals surface area contributed by atoms with E-state index in [1.54, 1.807) is 0 Å². The zero-order valence-electron chi connectivity index (χ0n) is 7.51. The maximum Gasteiger partial charge on any atom is 0.0299 e. The molecule has 0 saturated carbocycles. The third kappa shape index (κ3) is 3.07. The lowest BCUT2D eigenvalue weighted by molar-refractivity contribution is 0.664. The van der Waals surface area contributed by atoms with Crippen LogP contribution in [-0.2, 0) is 0 Å². The van der Waals surface area contributed by atoms with Crippen LogP contribution in [0, 0.1) is 5.92 Å². The average molecular weight is 167 g/mol. The molecule has 0 spiro atoms. The predicted octanol–water partition coefficient (Wildman–Crippen LogP) is 0.519. The molecular weight excluding hydrogens is 150 g/mol. The van der Waals surface area contributed by atoms with E-state index in [2.05, 4.69) is 35.9 Å². The van der Waals surface area contributed by atoms with Gasteiger partial charge in [-0.05, 0) is 18.4 Å². The highest BCUT2D eigenvalue weighted by Gasteiger charge is 2.02. The first-order valence-corrected chi connectivity index (χ1v) is 4.38. The molecule has 4 N–H and O–H groups in total. The minimum absolute atomic E-state index is 0.656. The van der Waals surface area contributed by atoms with Crippen molar-refractivity contribution in [2.24, 2.45) is 11.8 Å². The molecule has 0 aromatic rings. The summed E-state index contributed by atoms with van der Waals surface area (Å²) in [6.07, 6.45) is 7.72. The lowest BCUT2D eigenvalue weighted by Gasteiger charge is -2.13. The van der Waals surface area contributed by atoms with Gasteiger partial charge in [-0.15, -0.1) is 0 Å². The maximum atomic E-state index is 5.14. The Balaban J connectivity index is 2.26. The predicted molar refractivity (Wildman–Crippen MR) is 51.2 cm³/mol. The summed E-state index contributed by atoms with van der Waals surface area (Å²) in [6, 6.07) is 0. The van der Waals surface area contributed by atoms with Gasteiger partial charge in [-0.3, -0.25) is 11.3 Å². The van der Waals surface area contributed by atoms with E-state index >= 15 is 0 Å². The van der Waals surface area contributed by atoms with Gasteiger partial charge in [0.05, 0.1) is 0 Å². The molecule has 1 aliphatic rings. The molecule has 0 heterocycles. The van der Waals surface area contributed by atoms with Gasteiger partial charge < -0.3 is 5.32 Å². The number of hydrogen-bond acceptors (Lipinski definition) is 3. The van der Waals surface area contributed by atoms with E-state index in [1.165, 1.54) is 5.70 Å². The van der Waals surface area contributed by atoms with Crippen molar-refractivity contribution in [3.63, 3.8) is 0 Å². The van der Waals surface area contributed by atoms with Gasteiger partial charge in [0.25, 0.3) is 0 Å². The molecule has 0 amide bonds. The van der Waals surface area contributed by atoms with Gasteiger partial charge in [-0.2, -0.15) is 0 Å². The van der Waals surface area contributed by atoms with Crippen LogP contribution in [0.15, 0.2) is 23.9 Å². The van der Waals surface area contributed by atoms with Crippen LogP contribution in [0.25, 0.3) is 0 Å². The molecule has 0 bridgehead atoms. The van der Waals surface area contributed by atoms with Gasteiger partial charge in [-0.1, -0.05) is 19.1 Å². The summed E-state index contributed by atoms with van der Waals surface area (Å²) in [5.74, 6) is 5.80. The number of allylic oxidation sites excluding steroid dienone is 3. The van der Waals surface area contributed by atoms with E-state index in [-0.39, 0.29) is 0 Å². The van der Waals surface area contributed by atoms with Gasteiger partial charge in [0.2, 0.25) is 0 Å². The fourth-order valence-corrected chi connectivity index (χ4v) is 1.24. The first-order chi connectivity index (χ1) is 5.83. The van der Waals surface area contributed by atoms with Crippen LogP contribution in [0.4, 0.5) is 0 Å². The highest BCUT2D eigenvalue weighted by Crippen LogP contribution is 2.13. The maximum absolute atomic E-state index is 5.14. The van der Waals surface area contributed by atoms with Crippen molar-refractivity contribution in [3.05, 3.63) is 23.9 Å². The lowest BCUT2D eigenvalue weighted by Crippen LogP contribution is -2.31. The zero-order valence-corrected chi connectivity index (χ0v) is 7.51. The topological polar surface area (TPSA) is 50.1 Å². The zero-order chi connectivity index (χ0) is 8.81. The monoisotopic (exact) mass is 167 g/mol. The summed E-state index contributed by atoms with van der Waals surface area (Å²) in [5.41, 5.74) is 3.82. The molecule has 1 aliphatic carbocycles. The summed E-state index contributed by atoms with van der Waals surface area (Å²) in [4.78, 5) is 0. The molecule has 1 unspecified atom stereocenters. The fourth-order valence-electron chi connectivity index (χ4n) is 1.24. The van der Waals surface area contributed by atoms with Gasteiger partial charge in [0.15, 0.2) is 0 Å². The lowest BCUT2D eigenvalue weighted by atomic mass is 10.0. The Morgan fingerprint density at radius 1 is 1.58 bits per heavy atom. The summed E-state index contributed by atoms with van der Waals surface area (Å²) < 4.78 is 0. The quantitative estimate of drug-likeness (QED) is 0.325. The summed E-state index contributed by atoms with van der Waals surface area (Å²) in [7, 11) is 0. The fraction of sp³-hybridized carbons (Fsp3) is 0.556. The normalized spacial score (nSPS) is 22.2. The van der Waals surface area contributed by atoms with Crippen molar-refractivity contribution in [2.75, 3.05) is 13.1 Å². The van der Waals surface area contributed by atoms with Crippen LogP contribution in [-0.4, -0.2) is 13.1 Å². The van der Waals surface area contributed by atoms with Gasteiger partial charge in [-0.25, -0.2) is 0 Å². The first-order valence-electron chi connectivity index (χ1n) is 4.38. The van der Waals surface area contributed by atoms with Crippen LogP contribution in [0.3, 0.4) is 0 Å². The van der Waals surface area contributed by atoms with Crippen molar-refractivity contribution in [1.29, 1.82) is 0 Å². The van der Waals surface area contributed by atoms with E-state index < -0.39 is 0 Å². The van der Waals surface area contributed by atoms with Crippen LogP contribution < -0.4 is 16.6 Å². The van der Waals surface area contributed by atoms with E-state index in [9.17, 15) is 0 Å². The Labute approximate surface area is 73.7 Å². The number of nitrogens with two attached hydrogens (primary N) is 1. The molecule has 0 saturated heterocycles. The van der Waals surface area contributed by atoms with Crippen LogP contribution in [0.2, 0.25) is 0 Å². The summed E-state index contributed by atoms with van der Waals surface area (Å²) >= 11 is 0. The second-order valence-electron chi connectivity index (χ2n) is 3.12. The van der Waals surface area contributed by atoms with Crippen molar-refractivity contribution in [1.82, 2.24) is 10.7 Å².